The highest BCUT2D eigenvalue weighted by Crippen LogP contribution is 2.21. The number of halogens is 1. The average Bonchev–Trinajstić information content (AvgIpc) is 2.86. The molecule has 128 valence electrons. The van der Waals surface area contributed by atoms with Gasteiger partial charge in [-0.05, 0) is 50.6 Å². The third-order valence-electron chi connectivity index (χ3n) is 3.83. The first-order chi connectivity index (χ1) is 11.4. The fraction of sp³-hybridized carbons (Fsp3) is 0.333. The Bertz CT molecular complexity index is 735. The molecule has 0 aliphatic heterocycles. The number of aryl methyl sites for hydroxylation is 1. The van der Waals surface area contributed by atoms with Gasteiger partial charge in [-0.15, -0.1) is 0 Å². The van der Waals surface area contributed by atoms with E-state index in [0.717, 1.165) is 29.9 Å². The van der Waals surface area contributed by atoms with E-state index < -0.39 is 0 Å². The Morgan fingerprint density at radius 3 is 2.42 bits per heavy atom. The van der Waals surface area contributed by atoms with Crippen LogP contribution in [0.4, 0.5) is 4.39 Å². The Hall–Kier alpha value is -2.63. The lowest BCUT2D eigenvalue weighted by Crippen LogP contribution is -2.41. The average molecular weight is 331 g/mol. The van der Waals surface area contributed by atoms with E-state index in [1.807, 2.05) is 25.3 Å². The van der Waals surface area contributed by atoms with Gasteiger partial charge in [0.2, 0.25) is 5.91 Å². The van der Waals surface area contributed by atoms with Crippen molar-refractivity contribution < 1.29 is 14.0 Å². The van der Waals surface area contributed by atoms with Crippen LogP contribution in [0.15, 0.2) is 30.3 Å². The fourth-order valence-electron chi connectivity index (χ4n) is 2.57. The lowest BCUT2D eigenvalue weighted by atomic mass is 10.2. The molecule has 2 rings (SSSR count). The number of hydrogen-bond donors (Lipinski definition) is 2. The Kier molecular flexibility index (Phi) is 5.73. The van der Waals surface area contributed by atoms with Crippen LogP contribution in [0.5, 0.6) is 0 Å². The molecule has 0 atom stereocenters. The second kappa shape index (κ2) is 7.77. The zero-order valence-electron chi connectivity index (χ0n) is 14.1. The molecule has 0 spiro atoms. The number of nitrogens with one attached hydrogen (secondary N) is 2. The molecule has 1 aromatic heterocycles. The van der Waals surface area contributed by atoms with E-state index in [0.29, 0.717) is 12.0 Å². The lowest BCUT2D eigenvalue weighted by molar-refractivity contribution is -0.121. The summed E-state index contributed by atoms with van der Waals surface area (Å²) in [6.07, 6.45) is 2.08. The number of hydrazine groups is 1. The monoisotopic (exact) mass is 331 g/mol. The van der Waals surface area contributed by atoms with Gasteiger partial charge in [-0.3, -0.25) is 20.4 Å². The molecule has 2 aromatic rings. The normalized spacial score (nSPS) is 10.5. The third kappa shape index (κ3) is 4.01. The van der Waals surface area contributed by atoms with Crippen molar-refractivity contribution in [1.82, 2.24) is 15.4 Å². The molecule has 1 heterocycles. The van der Waals surface area contributed by atoms with Crippen LogP contribution in [-0.2, 0) is 4.79 Å². The molecule has 2 N–H and O–H groups in total. The van der Waals surface area contributed by atoms with E-state index >= 15 is 0 Å². The summed E-state index contributed by atoms with van der Waals surface area (Å²) < 4.78 is 15.0. The minimum atomic E-state index is -0.374. The number of carbonyl (C=O) groups is 2. The first kappa shape index (κ1) is 17.7. The van der Waals surface area contributed by atoms with Gasteiger partial charge in [0.25, 0.3) is 5.91 Å². The third-order valence-corrected chi connectivity index (χ3v) is 3.83. The first-order valence-corrected chi connectivity index (χ1v) is 7.98. The van der Waals surface area contributed by atoms with E-state index in [1.165, 1.54) is 12.1 Å². The smallest absolute Gasteiger partial charge is 0.271 e. The number of rotatable bonds is 5. The largest absolute Gasteiger partial charge is 0.318 e. The molecule has 2 amide bonds. The Labute approximate surface area is 140 Å². The molecular formula is C18H22FN3O2. The predicted octanol–water partition coefficient (Wildman–Crippen LogP) is 3.18. The van der Waals surface area contributed by atoms with Crippen LogP contribution >= 0.6 is 0 Å². The second-order valence-electron chi connectivity index (χ2n) is 5.70. The molecule has 0 bridgehead atoms. The van der Waals surface area contributed by atoms with Crippen LogP contribution in [0.3, 0.4) is 0 Å². The van der Waals surface area contributed by atoms with Crippen molar-refractivity contribution in [2.75, 3.05) is 0 Å². The second-order valence-corrected chi connectivity index (χ2v) is 5.70. The van der Waals surface area contributed by atoms with E-state index in [2.05, 4.69) is 10.9 Å². The summed E-state index contributed by atoms with van der Waals surface area (Å²) in [5.74, 6) is -0.896. The molecule has 0 fully saturated rings. The molecule has 24 heavy (non-hydrogen) atoms. The number of hydrogen-bond acceptors (Lipinski definition) is 2. The Balaban J connectivity index is 2.14. The zero-order chi connectivity index (χ0) is 17.7. The molecule has 0 radical (unpaired) electrons. The van der Waals surface area contributed by atoms with Gasteiger partial charge in [-0.2, -0.15) is 0 Å². The minimum Gasteiger partial charge on any atom is -0.318 e. The minimum absolute atomic E-state index is 0.211. The van der Waals surface area contributed by atoms with Crippen molar-refractivity contribution in [2.24, 2.45) is 0 Å². The fourth-order valence-corrected chi connectivity index (χ4v) is 2.57. The van der Waals surface area contributed by atoms with Crippen LogP contribution < -0.4 is 10.9 Å². The van der Waals surface area contributed by atoms with Crippen LogP contribution in [-0.4, -0.2) is 16.4 Å². The summed E-state index contributed by atoms with van der Waals surface area (Å²) in [6, 6.07) is 7.81. The predicted molar refractivity (Wildman–Crippen MR) is 90.3 cm³/mol. The van der Waals surface area contributed by atoms with Crippen molar-refractivity contribution in [3.05, 3.63) is 53.1 Å². The summed E-state index contributed by atoms with van der Waals surface area (Å²) in [4.78, 5) is 23.9. The summed E-state index contributed by atoms with van der Waals surface area (Å²) in [6.45, 7) is 5.67. The number of unbranched alkanes of at least 4 members (excludes halogenated alkanes) is 1. The van der Waals surface area contributed by atoms with E-state index in [-0.39, 0.29) is 17.6 Å². The quantitative estimate of drug-likeness (QED) is 0.827. The standard InChI is InChI=1S/C18H22FN3O2/c1-4-5-6-17(23)20-21-18(24)16-11-12(2)22(13(16)3)15-9-7-14(19)8-10-15/h7-11H,4-6H2,1-3H3,(H,20,23)(H,21,24). The molecule has 0 saturated carbocycles. The molecule has 6 heteroatoms. The molecule has 0 unspecified atom stereocenters. The van der Waals surface area contributed by atoms with E-state index in [4.69, 9.17) is 0 Å². The lowest BCUT2D eigenvalue weighted by Gasteiger charge is -2.10. The van der Waals surface area contributed by atoms with Gasteiger partial charge >= 0.3 is 0 Å². The highest BCUT2D eigenvalue weighted by atomic mass is 19.1. The van der Waals surface area contributed by atoms with Gasteiger partial charge in [0.1, 0.15) is 5.82 Å². The van der Waals surface area contributed by atoms with E-state index in [1.54, 1.807) is 18.2 Å². The number of amides is 2. The van der Waals surface area contributed by atoms with Crippen LogP contribution in [0.1, 0.15) is 47.9 Å². The van der Waals surface area contributed by atoms with E-state index in [9.17, 15) is 14.0 Å². The molecule has 1 aromatic carbocycles. The molecule has 0 aliphatic carbocycles. The van der Waals surface area contributed by atoms with Gasteiger partial charge in [-0.1, -0.05) is 13.3 Å². The highest BCUT2D eigenvalue weighted by Gasteiger charge is 2.17. The molecule has 0 aliphatic rings. The molecular weight excluding hydrogens is 309 g/mol. The number of nitrogens with zero attached hydrogens (tertiary/aromatic N) is 1. The zero-order valence-corrected chi connectivity index (χ0v) is 14.1. The molecule has 0 saturated heterocycles. The first-order valence-electron chi connectivity index (χ1n) is 7.98. The van der Waals surface area contributed by atoms with Crippen LogP contribution in [0.2, 0.25) is 0 Å². The van der Waals surface area contributed by atoms with Crippen molar-refractivity contribution in [2.45, 2.75) is 40.0 Å². The Morgan fingerprint density at radius 1 is 1.12 bits per heavy atom. The van der Waals surface area contributed by atoms with Gasteiger partial charge in [0.15, 0.2) is 0 Å². The van der Waals surface area contributed by atoms with Crippen molar-refractivity contribution in [1.29, 1.82) is 0 Å². The maximum absolute atomic E-state index is 13.1. The van der Waals surface area contributed by atoms with Crippen LogP contribution in [0, 0.1) is 19.7 Å². The molecule has 5 nitrogen and oxygen atoms in total. The summed E-state index contributed by atoms with van der Waals surface area (Å²) in [7, 11) is 0. The highest BCUT2D eigenvalue weighted by molar-refractivity contribution is 5.96. The van der Waals surface area contributed by atoms with Crippen LogP contribution in [0.25, 0.3) is 5.69 Å². The number of carbonyl (C=O) groups excluding carboxylic acids is 2. The van der Waals surface area contributed by atoms with Gasteiger partial charge in [-0.25, -0.2) is 4.39 Å². The van der Waals surface area contributed by atoms with Gasteiger partial charge < -0.3 is 4.57 Å². The maximum Gasteiger partial charge on any atom is 0.271 e. The number of benzene rings is 1. The maximum atomic E-state index is 13.1. The van der Waals surface area contributed by atoms with Crippen molar-refractivity contribution in [3.8, 4) is 5.69 Å². The van der Waals surface area contributed by atoms with Crippen molar-refractivity contribution in [3.63, 3.8) is 0 Å². The van der Waals surface area contributed by atoms with Crippen molar-refractivity contribution >= 4 is 11.8 Å². The summed E-state index contributed by atoms with van der Waals surface area (Å²) in [5.41, 5.74) is 7.67. The number of aromatic nitrogens is 1. The topological polar surface area (TPSA) is 63.1 Å². The van der Waals surface area contributed by atoms with Gasteiger partial charge in [0, 0.05) is 23.5 Å². The SMILES string of the molecule is CCCCC(=O)NNC(=O)c1cc(C)n(-c2ccc(F)cc2)c1C. The Morgan fingerprint density at radius 2 is 1.79 bits per heavy atom. The summed E-state index contributed by atoms with van der Waals surface area (Å²) >= 11 is 0. The summed E-state index contributed by atoms with van der Waals surface area (Å²) in [5, 5.41) is 0. The van der Waals surface area contributed by atoms with Gasteiger partial charge in [0.05, 0.1) is 5.56 Å².